The van der Waals surface area contributed by atoms with Crippen LogP contribution >= 0.6 is 0 Å². The van der Waals surface area contributed by atoms with E-state index < -0.39 is 0 Å². The molecule has 1 aliphatic heterocycles. The molecule has 0 fully saturated rings. The number of likely N-dealkylation sites (N-methyl/N-ethyl adjacent to an activating group) is 1. The Morgan fingerprint density at radius 3 is 2.90 bits per heavy atom. The smallest absolute Gasteiger partial charge is 0.138 e. The second kappa shape index (κ2) is 2.60. The van der Waals surface area contributed by atoms with Crippen LogP contribution in [0.15, 0.2) is 36.4 Å². The Bertz CT molecular complexity index is 203. The van der Waals surface area contributed by atoms with Crippen LogP contribution in [0.3, 0.4) is 0 Å². The molecule has 0 aromatic heterocycles. The third-order valence-electron chi connectivity index (χ3n) is 1.50. The van der Waals surface area contributed by atoms with Gasteiger partial charge in [0.05, 0.1) is 5.70 Å². The predicted molar refractivity (Wildman–Crippen MR) is 41.4 cm³/mol. The fourth-order valence-corrected chi connectivity index (χ4v) is 0.868. The Hall–Kier alpha value is -1.18. The first-order valence-electron chi connectivity index (χ1n) is 3.29. The van der Waals surface area contributed by atoms with Crippen LogP contribution in [0.25, 0.3) is 0 Å². The van der Waals surface area contributed by atoms with E-state index >= 15 is 0 Å². The molecule has 1 N–H and O–H groups in total. The SMILES string of the molecule is C=C1C(O)=CC=CN1CC. The standard InChI is InChI=1S/C8H11NO/c1-3-9-6-4-5-8(10)7(9)2/h4-6,10H,2-3H2,1H3. The molecule has 0 spiro atoms. The quantitative estimate of drug-likeness (QED) is 0.595. The van der Waals surface area contributed by atoms with E-state index in [4.69, 9.17) is 5.11 Å². The molecule has 0 amide bonds. The van der Waals surface area contributed by atoms with Gasteiger partial charge in [0.15, 0.2) is 0 Å². The minimum absolute atomic E-state index is 0.254. The molecule has 2 heteroatoms. The van der Waals surface area contributed by atoms with Crippen molar-refractivity contribution in [1.82, 2.24) is 4.90 Å². The normalized spacial score (nSPS) is 17.5. The number of allylic oxidation sites excluding steroid dienone is 2. The van der Waals surface area contributed by atoms with Gasteiger partial charge >= 0.3 is 0 Å². The first-order chi connectivity index (χ1) is 4.75. The lowest BCUT2D eigenvalue weighted by Crippen LogP contribution is -2.18. The van der Waals surface area contributed by atoms with Gasteiger partial charge in [-0.25, -0.2) is 0 Å². The molecule has 0 aliphatic carbocycles. The summed E-state index contributed by atoms with van der Waals surface area (Å²) in [6.45, 7) is 6.55. The second-order valence-corrected chi connectivity index (χ2v) is 2.13. The molecule has 1 rings (SSSR count). The molecule has 10 heavy (non-hydrogen) atoms. The second-order valence-electron chi connectivity index (χ2n) is 2.13. The fraction of sp³-hybridized carbons (Fsp3) is 0.250. The molecule has 1 heterocycles. The first kappa shape index (κ1) is 6.93. The van der Waals surface area contributed by atoms with E-state index in [9.17, 15) is 0 Å². The number of aliphatic hydroxyl groups is 1. The predicted octanol–water partition coefficient (Wildman–Crippen LogP) is 1.79. The van der Waals surface area contributed by atoms with E-state index in [0.717, 1.165) is 6.54 Å². The average Bonchev–Trinajstić information content (AvgIpc) is 1.95. The highest BCUT2D eigenvalue weighted by atomic mass is 16.3. The van der Waals surface area contributed by atoms with Crippen molar-refractivity contribution in [3.8, 4) is 0 Å². The molecular formula is C8H11NO. The molecule has 0 saturated carbocycles. The van der Waals surface area contributed by atoms with E-state index in [-0.39, 0.29) is 5.76 Å². The van der Waals surface area contributed by atoms with E-state index in [2.05, 4.69) is 6.58 Å². The van der Waals surface area contributed by atoms with Crippen LogP contribution < -0.4 is 0 Å². The maximum absolute atomic E-state index is 9.15. The summed E-state index contributed by atoms with van der Waals surface area (Å²) in [5, 5.41) is 9.15. The Labute approximate surface area is 60.8 Å². The summed E-state index contributed by atoms with van der Waals surface area (Å²) < 4.78 is 0. The molecule has 0 aromatic rings. The van der Waals surface area contributed by atoms with Crippen molar-refractivity contribution in [2.45, 2.75) is 6.92 Å². The third-order valence-corrected chi connectivity index (χ3v) is 1.50. The van der Waals surface area contributed by atoms with Crippen molar-refractivity contribution < 1.29 is 5.11 Å². The lowest BCUT2D eigenvalue weighted by molar-refractivity contribution is 0.367. The van der Waals surface area contributed by atoms with Crippen molar-refractivity contribution in [2.24, 2.45) is 0 Å². The van der Waals surface area contributed by atoms with E-state index in [0.29, 0.717) is 5.70 Å². The van der Waals surface area contributed by atoms with Crippen LogP contribution in [0.2, 0.25) is 0 Å². The Kier molecular flexibility index (Phi) is 1.81. The zero-order valence-electron chi connectivity index (χ0n) is 6.04. The van der Waals surface area contributed by atoms with Crippen molar-refractivity contribution in [3.05, 3.63) is 36.4 Å². The van der Waals surface area contributed by atoms with Crippen molar-refractivity contribution in [1.29, 1.82) is 0 Å². The number of hydrogen-bond acceptors (Lipinski definition) is 2. The van der Waals surface area contributed by atoms with Crippen molar-refractivity contribution >= 4 is 0 Å². The maximum Gasteiger partial charge on any atom is 0.138 e. The Morgan fingerprint density at radius 1 is 1.70 bits per heavy atom. The number of hydrogen-bond donors (Lipinski definition) is 1. The van der Waals surface area contributed by atoms with Gasteiger partial charge in [-0.05, 0) is 19.1 Å². The topological polar surface area (TPSA) is 23.5 Å². The highest BCUT2D eigenvalue weighted by Gasteiger charge is 2.08. The molecule has 0 saturated heterocycles. The summed E-state index contributed by atoms with van der Waals surface area (Å²) in [4.78, 5) is 1.88. The zero-order chi connectivity index (χ0) is 7.56. The summed E-state index contributed by atoms with van der Waals surface area (Å²) in [6, 6.07) is 0. The van der Waals surface area contributed by atoms with Gasteiger partial charge in [-0.15, -0.1) is 0 Å². The molecular weight excluding hydrogens is 126 g/mol. The lowest BCUT2D eigenvalue weighted by atomic mass is 10.2. The highest BCUT2D eigenvalue weighted by molar-refractivity contribution is 5.30. The lowest BCUT2D eigenvalue weighted by Gasteiger charge is -2.22. The largest absolute Gasteiger partial charge is 0.506 e. The van der Waals surface area contributed by atoms with Crippen LogP contribution in [0.1, 0.15) is 6.92 Å². The number of rotatable bonds is 1. The maximum atomic E-state index is 9.15. The van der Waals surface area contributed by atoms with Gasteiger partial charge in [-0.1, -0.05) is 6.58 Å². The van der Waals surface area contributed by atoms with Gasteiger partial charge in [0.2, 0.25) is 0 Å². The fourth-order valence-electron chi connectivity index (χ4n) is 0.868. The van der Waals surface area contributed by atoms with Crippen LogP contribution in [0, 0.1) is 0 Å². The average molecular weight is 137 g/mol. The van der Waals surface area contributed by atoms with Gasteiger partial charge in [-0.3, -0.25) is 0 Å². The molecule has 0 aromatic carbocycles. The molecule has 0 radical (unpaired) electrons. The number of aliphatic hydroxyl groups excluding tert-OH is 1. The van der Waals surface area contributed by atoms with Gasteiger partial charge in [0.25, 0.3) is 0 Å². The summed E-state index contributed by atoms with van der Waals surface area (Å²) in [5.41, 5.74) is 0.671. The third kappa shape index (κ3) is 1.05. The van der Waals surface area contributed by atoms with Crippen LogP contribution in [-0.2, 0) is 0 Å². The van der Waals surface area contributed by atoms with Crippen molar-refractivity contribution in [2.75, 3.05) is 6.54 Å². The zero-order valence-corrected chi connectivity index (χ0v) is 6.04. The summed E-state index contributed by atoms with van der Waals surface area (Å²) in [6.07, 6.45) is 5.32. The monoisotopic (exact) mass is 137 g/mol. The minimum atomic E-state index is 0.254. The van der Waals surface area contributed by atoms with Gasteiger partial charge in [0, 0.05) is 12.7 Å². The van der Waals surface area contributed by atoms with Crippen molar-refractivity contribution in [3.63, 3.8) is 0 Å². The molecule has 0 atom stereocenters. The number of nitrogens with zero attached hydrogens (tertiary/aromatic N) is 1. The summed E-state index contributed by atoms with van der Waals surface area (Å²) in [7, 11) is 0. The Balaban J connectivity index is 2.78. The Morgan fingerprint density at radius 2 is 2.40 bits per heavy atom. The molecule has 2 nitrogen and oxygen atoms in total. The van der Waals surface area contributed by atoms with E-state index in [1.54, 1.807) is 12.2 Å². The van der Waals surface area contributed by atoms with E-state index in [1.165, 1.54) is 0 Å². The first-order valence-corrected chi connectivity index (χ1v) is 3.29. The van der Waals surface area contributed by atoms with Crippen LogP contribution in [0.5, 0.6) is 0 Å². The summed E-state index contributed by atoms with van der Waals surface area (Å²) >= 11 is 0. The molecule has 54 valence electrons. The van der Waals surface area contributed by atoms with E-state index in [1.807, 2.05) is 18.0 Å². The molecule has 0 bridgehead atoms. The van der Waals surface area contributed by atoms with Crippen LogP contribution in [0.4, 0.5) is 0 Å². The highest BCUT2D eigenvalue weighted by Crippen LogP contribution is 2.14. The summed E-state index contributed by atoms with van der Waals surface area (Å²) in [5.74, 6) is 0.254. The minimum Gasteiger partial charge on any atom is -0.506 e. The molecule has 0 unspecified atom stereocenters. The van der Waals surface area contributed by atoms with Gasteiger partial charge in [0.1, 0.15) is 5.76 Å². The van der Waals surface area contributed by atoms with Gasteiger partial charge in [-0.2, -0.15) is 0 Å². The van der Waals surface area contributed by atoms with Crippen LogP contribution in [-0.4, -0.2) is 16.6 Å². The van der Waals surface area contributed by atoms with Gasteiger partial charge < -0.3 is 10.0 Å². The molecule has 1 aliphatic rings.